The molecule has 1 aromatic rings. The van der Waals surface area contributed by atoms with E-state index in [1.54, 1.807) is 0 Å². The molecule has 1 aromatic heterocycles. The quantitative estimate of drug-likeness (QED) is 0.780. The largest absolute Gasteiger partial charge is 0.281 e. The standard InChI is InChI=1S/C7H5Cl2F2NO2S/c1-3-2-4(8)5(6(10)11)12-7(3)15(9,13)14/h2,6H,1H3. The highest BCUT2D eigenvalue weighted by molar-refractivity contribution is 8.13. The molecule has 0 radical (unpaired) electrons. The fourth-order valence-electron chi connectivity index (χ4n) is 0.977. The molecule has 8 heteroatoms. The van der Waals surface area contributed by atoms with Gasteiger partial charge in [-0.05, 0) is 18.6 Å². The van der Waals surface area contributed by atoms with Crippen LogP contribution in [0.1, 0.15) is 17.7 Å². The van der Waals surface area contributed by atoms with Crippen LogP contribution < -0.4 is 0 Å². The van der Waals surface area contributed by atoms with Crippen LogP contribution in [-0.4, -0.2) is 13.4 Å². The Morgan fingerprint density at radius 2 is 2.00 bits per heavy atom. The van der Waals surface area contributed by atoms with Gasteiger partial charge in [0.05, 0.1) is 5.02 Å². The van der Waals surface area contributed by atoms with Crippen molar-refractivity contribution in [2.75, 3.05) is 0 Å². The average molecular weight is 276 g/mol. The SMILES string of the molecule is Cc1cc(Cl)c(C(F)F)nc1S(=O)(=O)Cl. The lowest BCUT2D eigenvalue weighted by molar-refractivity contribution is 0.145. The summed E-state index contributed by atoms with van der Waals surface area (Å²) in [6.45, 7) is 1.36. The summed E-state index contributed by atoms with van der Waals surface area (Å²) < 4.78 is 46.6. The highest BCUT2D eigenvalue weighted by Crippen LogP contribution is 2.29. The van der Waals surface area contributed by atoms with Crippen molar-refractivity contribution in [1.82, 2.24) is 4.98 Å². The van der Waals surface area contributed by atoms with Crippen LogP contribution in [-0.2, 0) is 9.05 Å². The average Bonchev–Trinajstić information content (AvgIpc) is 2.00. The van der Waals surface area contributed by atoms with Gasteiger partial charge in [0.1, 0.15) is 5.69 Å². The van der Waals surface area contributed by atoms with Crippen molar-refractivity contribution in [2.45, 2.75) is 18.4 Å². The molecule has 15 heavy (non-hydrogen) atoms. The topological polar surface area (TPSA) is 47.0 Å². The number of nitrogens with zero attached hydrogens (tertiary/aromatic N) is 1. The number of rotatable bonds is 2. The second-order valence-electron chi connectivity index (χ2n) is 2.72. The van der Waals surface area contributed by atoms with Gasteiger partial charge in [-0.1, -0.05) is 11.6 Å². The highest BCUT2D eigenvalue weighted by atomic mass is 35.7. The van der Waals surface area contributed by atoms with E-state index in [2.05, 4.69) is 4.98 Å². The Morgan fingerprint density at radius 1 is 1.47 bits per heavy atom. The Hall–Kier alpha value is -0.460. The maximum atomic E-state index is 12.3. The normalized spacial score (nSPS) is 12.1. The van der Waals surface area contributed by atoms with Gasteiger partial charge < -0.3 is 0 Å². The molecule has 1 heterocycles. The van der Waals surface area contributed by atoms with Crippen molar-refractivity contribution in [3.05, 3.63) is 22.3 Å². The summed E-state index contributed by atoms with van der Waals surface area (Å²) in [5.74, 6) is 0. The molecule has 0 aromatic carbocycles. The van der Waals surface area contributed by atoms with Crippen LogP contribution in [0.25, 0.3) is 0 Å². The van der Waals surface area contributed by atoms with Crippen LogP contribution in [0.3, 0.4) is 0 Å². The van der Waals surface area contributed by atoms with Gasteiger partial charge in [-0.15, -0.1) is 0 Å². The molecule has 0 aliphatic heterocycles. The number of alkyl halides is 2. The zero-order valence-electron chi connectivity index (χ0n) is 7.34. The molecule has 0 fully saturated rings. The van der Waals surface area contributed by atoms with E-state index in [0.717, 1.165) is 6.07 Å². The molecule has 0 aliphatic rings. The van der Waals surface area contributed by atoms with E-state index in [4.69, 9.17) is 22.3 Å². The van der Waals surface area contributed by atoms with Crippen molar-refractivity contribution in [2.24, 2.45) is 0 Å². The Labute approximate surface area is 94.4 Å². The van der Waals surface area contributed by atoms with E-state index in [0.29, 0.717) is 0 Å². The van der Waals surface area contributed by atoms with Crippen LogP contribution >= 0.6 is 22.3 Å². The van der Waals surface area contributed by atoms with Crippen LogP contribution in [0.4, 0.5) is 8.78 Å². The van der Waals surface area contributed by atoms with Crippen LogP contribution in [0, 0.1) is 6.92 Å². The molecular formula is C7H5Cl2F2NO2S. The number of aryl methyl sites for hydroxylation is 1. The summed E-state index contributed by atoms with van der Waals surface area (Å²) >= 11 is 5.47. The number of pyridine rings is 1. The number of hydrogen-bond donors (Lipinski definition) is 0. The van der Waals surface area contributed by atoms with Crippen LogP contribution in [0.5, 0.6) is 0 Å². The molecule has 0 spiro atoms. The van der Waals surface area contributed by atoms with Gasteiger partial charge in [-0.2, -0.15) is 0 Å². The first kappa shape index (κ1) is 12.6. The molecule has 0 saturated heterocycles. The first-order valence-electron chi connectivity index (χ1n) is 3.63. The van der Waals surface area contributed by atoms with Gasteiger partial charge in [0.2, 0.25) is 0 Å². The van der Waals surface area contributed by atoms with Crippen LogP contribution in [0.2, 0.25) is 5.02 Å². The predicted molar refractivity (Wildman–Crippen MR) is 52.0 cm³/mol. The second-order valence-corrected chi connectivity index (χ2v) is 5.60. The fourth-order valence-corrected chi connectivity index (χ4v) is 2.38. The first-order chi connectivity index (χ1) is 6.73. The maximum Gasteiger partial charge on any atom is 0.281 e. The summed E-state index contributed by atoms with van der Waals surface area (Å²) in [5.41, 5.74) is -0.666. The molecule has 0 aliphatic carbocycles. The van der Waals surface area contributed by atoms with Crippen molar-refractivity contribution in [1.29, 1.82) is 0 Å². The predicted octanol–water partition coefficient (Wildman–Crippen LogP) is 2.91. The Bertz CT molecular complexity index is 490. The molecule has 0 bridgehead atoms. The highest BCUT2D eigenvalue weighted by Gasteiger charge is 2.22. The minimum Gasteiger partial charge on any atom is -0.232 e. The number of hydrogen-bond acceptors (Lipinski definition) is 3. The minimum atomic E-state index is -4.14. The minimum absolute atomic E-state index is 0.124. The molecule has 0 unspecified atom stereocenters. The third kappa shape index (κ3) is 2.76. The zero-order valence-corrected chi connectivity index (χ0v) is 9.67. The monoisotopic (exact) mass is 275 g/mol. The third-order valence-corrected chi connectivity index (χ3v) is 3.20. The molecular weight excluding hydrogens is 271 g/mol. The zero-order chi connectivity index (χ0) is 11.8. The summed E-state index contributed by atoms with van der Waals surface area (Å²) in [6, 6.07) is 1.09. The fraction of sp³-hybridized carbons (Fsp3) is 0.286. The molecule has 0 amide bonds. The molecule has 0 N–H and O–H groups in total. The van der Waals surface area contributed by atoms with Crippen molar-refractivity contribution in [3.8, 4) is 0 Å². The van der Waals surface area contributed by atoms with Gasteiger partial charge in [0.15, 0.2) is 5.03 Å². The summed E-state index contributed by atoms with van der Waals surface area (Å²) in [7, 11) is 0.877. The van der Waals surface area contributed by atoms with E-state index >= 15 is 0 Å². The number of aromatic nitrogens is 1. The molecule has 3 nitrogen and oxygen atoms in total. The Morgan fingerprint density at radius 3 is 2.40 bits per heavy atom. The first-order valence-corrected chi connectivity index (χ1v) is 6.32. The molecule has 1 rings (SSSR count). The van der Waals surface area contributed by atoms with E-state index in [9.17, 15) is 17.2 Å². The summed E-state index contributed by atoms with van der Waals surface area (Å²) in [4.78, 5) is 3.24. The summed E-state index contributed by atoms with van der Waals surface area (Å²) in [6.07, 6.45) is -2.95. The lowest BCUT2D eigenvalue weighted by Crippen LogP contribution is -2.03. The molecule has 84 valence electrons. The summed E-state index contributed by atoms with van der Waals surface area (Å²) in [5, 5.41) is -0.879. The number of halogens is 4. The second kappa shape index (κ2) is 4.19. The van der Waals surface area contributed by atoms with Gasteiger partial charge in [0.25, 0.3) is 15.5 Å². The Kier molecular flexibility index (Phi) is 3.52. The molecule has 0 atom stereocenters. The lowest BCUT2D eigenvalue weighted by atomic mass is 10.3. The van der Waals surface area contributed by atoms with Crippen molar-refractivity contribution < 1.29 is 17.2 Å². The van der Waals surface area contributed by atoms with E-state index in [1.165, 1.54) is 6.92 Å². The van der Waals surface area contributed by atoms with E-state index in [1.807, 2.05) is 0 Å². The van der Waals surface area contributed by atoms with Crippen molar-refractivity contribution >= 4 is 31.3 Å². The maximum absolute atomic E-state index is 12.3. The van der Waals surface area contributed by atoms with E-state index < -0.39 is 26.2 Å². The van der Waals surface area contributed by atoms with Crippen LogP contribution in [0.15, 0.2) is 11.1 Å². The van der Waals surface area contributed by atoms with Crippen molar-refractivity contribution in [3.63, 3.8) is 0 Å². The van der Waals surface area contributed by atoms with Gasteiger partial charge >= 0.3 is 0 Å². The third-order valence-electron chi connectivity index (χ3n) is 1.58. The Balaban J connectivity index is 3.50. The van der Waals surface area contributed by atoms with E-state index in [-0.39, 0.29) is 10.6 Å². The molecule has 0 saturated carbocycles. The van der Waals surface area contributed by atoms with Gasteiger partial charge in [-0.25, -0.2) is 22.2 Å². The lowest BCUT2D eigenvalue weighted by Gasteiger charge is -2.06. The van der Waals surface area contributed by atoms with Gasteiger partial charge in [-0.3, -0.25) is 0 Å². The smallest absolute Gasteiger partial charge is 0.232 e. The van der Waals surface area contributed by atoms with Gasteiger partial charge in [0, 0.05) is 10.7 Å².